The SMILES string of the molecule is COC(=O)c1ccc(C=C(C)CN)cc1. The van der Waals surface area contributed by atoms with Crippen molar-refractivity contribution in [3.05, 3.63) is 41.0 Å². The molecule has 0 aliphatic carbocycles. The van der Waals surface area contributed by atoms with E-state index in [0.29, 0.717) is 12.1 Å². The third-order valence-electron chi connectivity index (χ3n) is 2.07. The van der Waals surface area contributed by atoms with Crippen LogP contribution in [0.15, 0.2) is 29.8 Å². The zero-order chi connectivity index (χ0) is 11.3. The highest BCUT2D eigenvalue weighted by Gasteiger charge is 2.03. The molecule has 0 bridgehead atoms. The number of hydrogen-bond donors (Lipinski definition) is 1. The standard InChI is InChI=1S/C12H15NO2/c1-9(8-13)7-10-3-5-11(6-4-10)12(14)15-2/h3-7H,8,13H2,1-2H3. The minimum absolute atomic E-state index is 0.318. The summed E-state index contributed by atoms with van der Waals surface area (Å²) in [4.78, 5) is 11.1. The number of rotatable bonds is 3. The van der Waals surface area contributed by atoms with Crippen LogP contribution in [0, 0.1) is 0 Å². The van der Waals surface area contributed by atoms with Crippen molar-refractivity contribution in [2.75, 3.05) is 13.7 Å². The van der Waals surface area contributed by atoms with Gasteiger partial charge >= 0.3 is 5.97 Å². The second-order valence-corrected chi connectivity index (χ2v) is 3.31. The molecule has 3 heteroatoms. The molecule has 80 valence electrons. The van der Waals surface area contributed by atoms with Crippen molar-refractivity contribution in [2.24, 2.45) is 5.73 Å². The largest absolute Gasteiger partial charge is 0.465 e. The van der Waals surface area contributed by atoms with E-state index in [9.17, 15) is 4.79 Å². The third kappa shape index (κ3) is 3.22. The first-order chi connectivity index (χ1) is 7.17. The quantitative estimate of drug-likeness (QED) is 0.766. The molecule has 0 fully saturated rings. The highest BCUT2D eigenvalue weighted by Crippen LogP contribution is 2.09. The minimum Gasteiger partial charge on any atom is -0.465 e. The van der Waals surface area contributed by atoms with Crippen LogP contribution in [0.1, 0.15) is 22.8 Å². The molecule has 0 aliphatic heterocycles. The van der Waals surface area contributed by atoms with Crippen LogP contribution in [-0.2, 0) is 4.74 Å². The molecule has 0 amide bonds. The average Bonchev–Trinajstić information content (AvgIpc) is 2.29. The number of nitrogens with two attached hydrogens (primary N) is 1. The van der Waals surface area contributed by atoms with E-state index in [4.69, 9.17) is 5.73 Å². The van der Waals surface area contributed by atoms with Gasteiger partial charge in [-0.3, -0.25) is 0 Å². The molecule has 0 radical (unpaired) electrons. The van der Waals surface area contributed by atoms with Crippen molar-refractivity contribution in [3.8, 4) is 0 Å². The molecule has 0 saturated heterocycles. The predicted molar refractivity (Wildman–Crippen MR) is 60.5 cm³/mol. The van der Waals surface area contributed by atoms with Crippen LogP contribution in [-0.4, -0.2) is 19.6 Å². The van der Waals surface area contributed by atoms with E-state index >= 15 is 0 Å². The van der Waals surface area contributed by atoms with Gasteiger partial charge in [0.05, 0.1) is 12.7 Å². The smallest absolute Gasteiger partial charge is 0.337 e. The predicted octanol–water partition coefficient (Wildman–Crippen LogP) is 1.84. The van der Waals surface area contributed by atoms with Gasteiger partial charge in [-0.25, -0.2) is 4.79 Å². The van der Waals surface area contributed by atoms with Gasteiger partial charge in [0.2, 0.25) is 0 Å². The summed E-state index contributed by atoms with van der Waals surface area (Å²) in [5.41, 5.74) is 8.16. The highest BCUT2D eigenvalue weighted by atomic mass is 16.5. The Labute approximate surface area is 89.5 Å². The summed E-state index contributed by atoms with van der Waals surface area (Å²) in [5.74, 6) is -0.318. The number of methoxy groups -OCH3 is 1. The van der Waals surface area contributed by atoms with Crippen molar-refractivity contribution in [2.45, 2.75) is 6.92 Å². The summed E-state index contributed by atoms with van der Waals surface area (Å²) in [6, 6.07) is 7.21. The first kappa shape index (κ1) is 11.5. The Morgan fingerprint density at radius 3 is 2.47 bits per heavy atom. The van der Waals surface area contributed by atoms with Gasteiger partial charge in [-0.2, -0.15) is 0 Å². The zero-order valence-corrected chi connectivity index (χ0v) is 8.99. The van der Waals surface area contributed by atoms with Crippen molar-refractivity contribution >= 4 is 12.0 Å². The molecule has 2 N–H and O–H groups in total. The molecule has 0 spiro atoms. The normalized spacial score (nSPS) is 11.3. The molecule has 0 aromatic heterocycles. The van der Waals surface area contributed by atoms with Gasteiger partial charge in [0.25, 0.3) is 0 Å². The van der Waals surface area contributed by atoms with Crippen LogP contribution >= 0.6 is 0 Å². The molecule has 0 unspecified atom stereocenters. The third-order valence-corrected chi connectivity index (χ3v) is 2.07. The van der Waals surface area contributed by atoms with E-state index in [1.165, 1.54) is 7.11 Å². The van der Waals surface area contributed by atoms with Crippen molar-refractivity contribution < 1.29 is 9.53 Å². The lowest BCUT2D eigenvalue weighted by atomic mass is 10.1. The van der Waals surface area contributed by atoms with E-state index in [1.807, 2.05) is 25.1 Å². The molecule has 1 aromatic rings. The molecular weight excluding hydrogens is 190 g/mol. The Kier molecular flexibility index (Phi) is 4.06. The van der Waals surface area contributed by atoms with Crippen LogP contribution in [0.4, 0.5) is 0 Å². The molecule has 3 nitrogen and oxygen atoms in total. The number of benzene rings is 1. The van der Waals surface area contributed by atoms with Gasteiger partial charge in [-0.1, -0.05) is 23.8 Å². The lowest BCUT2D eigenvalue weighted by Gasteiger charge is -2.00. The molecule has 1 aromatic carbocycles. The molecule has 0 heterocycles. The number of carbonyl (C=O) groups excluding carboxylic acids is 1. The second kappa shape index (κ2) is 5.32. The van der Waals surface area contributed by atoms with Gasteiger partial charge in [0, 0.05) is 6.54 Å². The van der Waals surface area contributed by atoms with Gasteiger partial charge in [0.15, 0.2) is 0 Å². The number of carbonyl (C=O) groups is 1. The van der Waals surface area contributed by atoms with Gasteiger partial charge < -0.3 is 10.5 Å². The average molecular weight is 205 g/mol. The maximum absolute atomic E-state index is 11.1. The summed E-state index contributed by atoms with van der Waals surface area (Å²) in [5, 5.41) is 0. The fraction of sp³-hybridized carbons (Fsp3) is 0.250. The maximum atomic E-state index is 11.1. The highest BCUT2D eigenvalue weighted by molar-refractivity contribution is 5.89. The first-order valence-electron chi connectivity index (χ1n) is 4.73. The van der Waals surface area contributed by atoms with Gasteiger partial charge in [-0.05, 0) is 24.6 Å². The molecule has 0 atom stereocenters. The van der Waals surface area contributed by atoms with Gasteiger partial charge in [-0.15, -0.1) is 0 Å². The zero-order valence-electron chi connectivity index (χ0n) is 8.99. The summed E-state index contributed by atoms with van der Waals surface area (Å²) in [6.07, 6.45) is 1.99. The molecule has 0 saturated carbocycles. The van der Waals surface area contributed by atoms with Gasteiger partial charge in [0.1, 0.15) is 0 Å². The number of esters is 1. The number of ether oxygens (including phenoxy) is 1. The fourth-order valence-electron chi connectivity index (χ4n) is 1.18. The summed E-state index contributed by atoms with van der Waals surface area (Å²) in [7, 11) is 1.37. The Hall–Kier alpha value is -1.61. The van der Waals surface area contributed by atoms with Crippen molar-refractivity contribution in [1.82, 2.24) is 0 Å². The number of hydrogen-bond acceptors (Lipinski definition) is 3. The molecule has 15 heavy (non-hydrogen) atoms. The Morgan fingerprint density at radius 2 is 2.00 bits per heavy atom. The summed E-state index contributed by atoms with van der Waals surface area (Å²) < 4.78 is 4.60. The maximum Gasteiger partial charge on any atom is 0.337 e. The first-order valence-corrected chi connectivity index (χ1v) is 4.73. The van der Waals surface area contributed by atoms with Crippen LogP contribution < -0.4 is 5.73 Å². The Bertz CT molecular complexity index is 366. The lowest BCUT2D eigenvalue weighted by molar-refractivity contribution is 0.0601. The monoisotopic (exact) mass is 205 g/mol. The Morgan fingerprint density at radius 1 is 1.40 bits per heavy atom. The van der Waals surface area contributed by atoms with E-state index < -0.39 is 0 Å². The minimum atomic E-state index is -0.318. The summed E-state index contributed by atoms with van der Waals surface area (Å²) in [6.45, 7) is 2.51. The second-order valence-electron chi connectivity index (χ2n) is 3.31. The topological polar surface area (TPSA) is 52.3 Å². The molecule has 0 aliphatic rings. The Balaban J connectivity index is 2.86. The van der Waals surface area contributed by atoms with Crippen LogP contribution in [0.25, 0.3) is 6.08 Å². The van der Waals surface area contributed by atoms with Crippen molar-refractivity contribution in [3.63, 3.8) is 0 Å². The van der Waals surface area contributed by atoms with Crippen molar-refractivity contribution in [1.29, 1.82) is 0 Å². The van der Waals surface area contributed by atoms with Crippen LogP contribution in [0.3, 0.4) is 0 Å². The summed E-state index contributed by atoms with van der Waals surface area (Å²) >= 11 is 0. The van der Waals surface area contributed by atoms with E-state index in [-0.39, 0.29) is 5.97 Å². The van der Waals surface area contributed by atoms with E-state index in [1.54, 1.807) is 12.1 Å². The van der Waals surface area contributed by atoms with Crippen LogP contribution in [0.5, 0.6) is 0 Å². The molecular formula is C12H15NO2. The fourth-order valence-corrected chi connectivity index (χ4v) is 1.18. The van der Waals surface area contributed by atoms with Crippen LogP contribution in [0.2, 0.25) is 0 Å². The van der Waals surface area contributed by atoms with E-state index in [0.717, 1.165) is 11.1 Å². The molecule has 1 rings (SSSR count). The van der Waals surface area contributed by atoms with E-state index in [2.05, 4.69) is 4.74 Å². The lowest BCUT2D eigenvalue weighted by Crippen LogP contribution is -2.01.